The van der Waals surface area contributed by atoms with Crippen LogP contribution in [-0.4, -0.2) is 35.9 Å². The van der Waals surface area contributed by atoms with Crippen molar-refractivity contribution in [2.75, 3.05) is 13.2 Å². The van der Waals surface area contributed by atoms with E-state index in [1.807, 2.05) is 6.92 Å². The van der Waals surface area contributed by atoms with E-state index in [4.69, 9.17) is 18.9 Å². The molecule has 1 aromatic carbocycles. The van der Waals surface area contributed by atoms with Crippen molar-refractivity contribution in [2.24, 2.45) is 5.92 Å². The first-order valence-corrected chi connectivity index (χ1v) is 9.35. The summed E-state index contributed by atoms with van der Waals surface area (Å²) in [6, 6.07) is 1.57. The molecule has 1 saturated carbocycles. The summed E-state index contributed by atoms with van der Waals surface area (Å²) >= 11 is 3.42. The number of carboxylic acids is 1. The third-order valence-electron chi connectivity index (χ3n) is 5.58. The average molecular weight is 413 g/mol. The van der Waals surface area contributed by atoms with Gasteiger partial charge in [0.2, 0.25) is 0 Å². The Morgan fingerprint density at radius 1 is 1.20 bits per heavy atom. The van der Waals surface area contributed by atoms with Crippen LogP contribution in [0.1, 0.15) is 48.5 Å². The highest BCUT2D eigenvalue weighted by Crippen LogP contribution is 2.52. The van der Waals surface area contributed by atoms with Crippen molar-refractivity contribution in [3.8, 4) is 11.5 Å². The molecule has 3 aliphatic rings. The third kappa shape index (κ3) is 2.73. The number of benzene rings is 1. The van der Waals surface area contributed by atoms with E-state index in [-0.39, 0.29) is 11.5 Å². The van der Waals surface area contributed by atoms with Crippen LogP contribution in [0.3, 0.4) is 0 Å². The zero-order chi connectivity index (χ0) is 17.8. The van der Waals surface area contributed by atoms with Gasteiger partial charge >= 0.3 is 5.97 Å². The van der Waals surface area contributed by atoms with Crippen LogP contribution in [-0.2, 0) is 9.47 Å². The maximum Gasteiger partial charge on any atom is 0.336 e. The number of carbonyl (C=O) groups is 1. The fraction of sp³-hybridized carbons (Fsp3) is 0.611. The molecule has 0 bridgehead atoms. The van der Waals surface area contributed by atoms with Crippen molar-refractivity contribution >= 4 is 21.9 Å². The normalized spacial score (nSPS) is 27.8. The van der Waals surface area contributed by atoms with Crippen molar-refractivity contribution < 1.29 is 28.8 Å². The van der Waals surface area contributed by atoms with E-state index in [1.165, 1.54) is 0 Å². The van der Waals surface area contributed by atoms with Crippen molar-refractivity contribution in [2.45, 2.75) is 51.1 Å². The van der Waals surface area contributed by atoms with Crippen LogP contribution in [0.2, 0.25) is 0 Å². The first-order chi connectivity index (χ1) is 11.8. The summed E-state index contributed by atoms with van der Waals surface area (Å²) in [6.07, 6.45) is 3.37. The smallest absolute Gasteiger partial charge is 0.336 e. The van der Waals surface area contributed by atoms with Gasteiger partial charge in [-0.2, -0.15) is 0 Å². The van der Waals surface area contributed by atoms with Crippen LogP contribution in [0.25, 0.3) is 0 Å². The lowest BCUT2D eigenvalue weighted by atomic mass is 9.80. The Hall–Kier alpha value is -1.31. The lowest BCUT2D eigenvalue weighted by Gasteiger charge is -2.40. The van der Waals surface area contributed by atoms with Crippen LogP contribution in [0.5, 0.6) is 11.5 Å². The van der Waals surface area contributed by atoms with E-state index in [2.05, 4.69) is 15.9 Å². The van der Waals surface area contributed by atoms with Crippen LogP contribution in [0, 0.1) is 12.8 Å². The van der Waals surface area contributed by atoms with E-state index in [0.29, 0.717) is 34.7 Å². The second-order valence-electron chi connectivity index (χ2n) is 7.10. The first-order valence-electron chi connectivity index (χ1n) is 8.56. The number of fused-ring (bicyclic) bond motifs is 1. The first kappa shape index (κ1) is 17.1. The van der Waals surface area contributed by atoms with E-state index in [1.54, 1.807) is 13.0 Å². The van der Waals surface area contributed by atoms with Gasteiger partial charge in [-0.05, 0) is 41.8 Å². The summed E-state index contributed by atoms with van der Waals surface area (Å²) in [4.78, 5) is 11.4. The molecule has 2 aliphatic heterocycles. The second-order valence-corrected chi connectivity index (χ2v) is 7.95. The molecular weight excluding hydrogens is 392 g/mol. The Morgan fingerprint density at radius 3 is 2.40 bits per heavy atom. The predicted molar refractivity (Wildman–Crippen MR) is 92.1 cm³/mol. The molecule has 1 N–H and O–H groups in total. The van der Waals surface area contributed by atoms with Crippen LogP contribution in [0.15, 0.2) is 10.5 Å². The monoisotopic (exact) mass is 412 g/mol. The number of aromatic carboxylic acids is 1. The summed E-state index contributed by atoms with van der Waals surface area (Å²) in [5.74, 6) is -0.939. The standard InChI is InChI=1S/C18H21BrO6/c1-10-12(16(20)21)9-13(19)15-14(10)24-17(2,25-15)11-3-5-18(6-4-11)22-7-8-23-18/h9,11H,3-8H2,1-2H3,(H,20,21). The number of hydrogen-bond donors (Lipinski definition) is 1. The molecule has 0 amide bonds. The third-order valence-corrected chi connectivity index (χ3v) is 6.17. The summed E-state index contributed by atoms with van der Waals surface area (Å²) in [5, 5.41) is 9.37. The topological polar surface area (TPSA) is 74.2 Å². The van der Waals surface area contributed by atoms with Crippen LogP contribution < -0.4 is 9.47 Å². The van der Waals surface area contributed by atoms with E-state index in [9.17, 15) is 9.90 Å². The molecule has 1 unspecified atom stereocenters. The minimum Gasteiger partial charge on any atom is -0.478 e. The molecule has 0 radical (unpaired) electrons. The van der Waals surface area contributed by atoms with Gasteiger partial charge in [0.05, 0.1) is 23.2 Å². The molecule has 136 valence electrons. The Kier molecular flexibility index (Phi) is 4.01. The second kappa shape index (κ2) is 5.86. The molecule has 6 nitrogen and oxygen atoms in total. The molecule has 1 atom stereocenters. The minimum absolute atomic E-state index is 0.179. The average Bonchev–Trinajstić information content (AvgIpc) is 3.17. The quantitative estimate of drug-likeness (QED) is 0.794. The van der Waals surface area contributed by atoms with Gasteiger partial charge in [-0.25, -0.2) is 4.79 Å². The molecule has 1 aromatic rings. The molecular formula is C18H21BrO6. The lowest BCUT2D eigenvalue weighted by Crippen LogP contribution is -2.48. The Labute approximate surface area is 154 Å². The predicted octanol–water partition coefficient (Wildman–Crippen LogP) is 3.88. The van der Waals surface area contributed by atoms with Crippen molar-refractivity contribution in [3.05, 3.63) is 21.7 Å². The van der Waals surface area contributed by atoms with Gasteiger partial charge in [0.25, 0.3) is 5.79 Å². The summed E-state index contributed by atoms with van der Waals surface area (Å²) in [6.45, 7) is 4.99. The highest BCUT2D eigenvalue weighted by Gasteiger charge is 2.51. The molecule has 1 aliphatic carbocycles. The van der Waals surface area contributed by atoms with Gasteiger partial charge in [0.1, 0.15) is 0 Å². The summed E-state index contributed by atoms with van der Waals surface area (Å²) < 4.78 is 24.6. The number of hydrogen-bond acceptors (Lipinski definition) is 5. The van der Waals surface area contributed by atoms with Gasteiger partial charge in [-0.15, -0.1) is 0 Å². The van der Waals surface area contributed by atoms with Gasteiger partial charge < -0.3 is 24.1 Å². The van der Waals surface area contributed by atoms with Gasteiger partial charge in [0.15, 0.2) is 17.3 Å². The van der Waals surface area contributed by atoms with Crippen LogP contribution >= 0.6 is 15.9 Å². The van der Waals surface area contributed by atoms with Gasteiger partial charge in [-0.3, -0.25) is 0 Å². The molecule has 7 heteroatoms. The number of rotatable bonds is 2. The maximum atomic E-state index is 11.4. The fourth-order valence-corrected chi connectivity index (χ4v) is 4.59. The number of ether oxygens (including phenoxy) is 4. The summed E-state index contributed by atoms with van der Waals surface area (Å²) in [5.41, 5.74) is 0.804. The Morgan fingerprint density at radius 2 is 1.80 bits per heavy atom. The lowest BCUT2D eigenvalue weighted by molar-refractivity contribution is -0.205. The summed E-state index contributed by atoms with van der Waals surface area (Å²) in [7, 11) is 0. The fourth-order valence-electron chi connectivity index (χ4n) is 4.10. The number of carboxylic acid groups (broad SMARTS) is 1. The SMILES string of the molecule is Cc1c(C(=O)O)cc(Br)c2c1OC(C)(C1CCC3(CC1)OCCO3)O2. The van der Waals surface area contributed by atoms with Gasteiger partial charge in [-0.1, -0.05) is 0 Å². The molecule has 0 aromatic heterocycles. The molecule has 1 spiro atoms. The van der Waals surface area contributed by atoms with E-state index >= 15 is 0 Å². The molecule has 2 heterocycles. The highest BCUT2D eigenvalue weighted by atomic mass is 79.9. The minimum atomic E-state index is -0.978. The maximum absolute atomic E-state index is 11.4. The van der Waals surface area contributed by atoms with Crippen molar-refractivity contribution in [1.82, 2.24) is 0 Å². The number of halogens is 1. The molecule has 1 saturated heterocycles. The largest absolute Gasteiger partial charge is 0.478 e. The zero-order valence-corrected chi connectivity index (χ0v) is 15.8. The molecule has 2 fully saturated rings. The molecule has 25 heavy (non-hydrogen) atoms. The van der Waals surface area contributed by atoms with Crippen molar-refractivity contribution in [1.29, 1.82) is 0 Å². The van der Waals surface area contributed by atoms with Gasteiger partial charge in [0, 0.05) is 31.2 Å². The van der Waals surface area contributed by atoms with Crippen molar-refractivity contribution in [3.63, 3.8) is 0 Å². The Balaban J connectivity index is 1.57. The highest BCUT2D eigenvalue weighted by molar-refractivity contribution is 9.10. The van der Waals surface area contributed by atoms with E-state index < -0.39 is 17.5 Å². The van der Waals surface area contributed by atoms with E-state index in [0.717, 1.165) is 25.7 Å². The Bertz CT molecular complexity index is 717. The zero-order valence-electron chi connectivity index (χ0n) is 14.3. The van der Waals surface area contributed by atoms with Crippen LogP contribution in [0.4, 0.5) is 0 Å². The molecule has 4 rings (SSSR count).